The predicted octanol–water partition coefficient (Wildman–Crippen LogP) is 2.24. The van der Waals surface area contributed by atoms with Crippen molar-refractivity contribution in [2.45, 2.75) is 37.0 Å². The Morgan fingerprint density at radius 3 is 2.43 bits per heavy atom. The smallest absolute Gasteiger partial charge is 0.243 e. The first kappa shape index (κ1) is 17.9. The number of hydrogen-bond donors (Lipinski definition) is 0. The summed E-state index contributed by atoms with van der Waals surface area (Å²) in [6, 6.07) is 5.00. The van der Waals surface area contributed by atoms with Gasteiger partial charge in [0.25, 0.3) is 0 Å². The molecule has 23 heavy (non-hydrogen) atoms. The lowest BCUT2D eigenvalue weighted by Gasteiger charge is -2.23. The summed E-state index contributed by atoms with van der Waals surface area (Å²) in [5.74, 6) is -0.647. The van der Waals surface area contributed by atoms with Gasteiger partial charge in [-0.3, -0.25) is 4.79 Å². The molecule has 5 nitrogen and oxygen atoms in total. The molecule has 0 aromatic heterocycles. The van der Waals surface area contributed by atoms with Crippen molar-refractivity contribution in [2.24, 2.45) is 0 Å². The number of sulfonamides is 1. The number of halogens is 1. The van der Waals surface area contributed by atoms with Crippen molar-refractivity contribution in [1.82, 2.24) is 9.21 Å². The molecule has 0 bridgehead atoms. The van der Waals surface area contributed by atoms with Crippen molar-refractivity contribution in [2.75, 3.05) is 26.7 Å². The molecular formula is C16H23FN2O3S. The van der Waals surface area contributed by atoms with Gasteiger partial charge in [0.15, 0.2) is 0 Å². The lowest BCUT2D eigenvalue weighted by molar-refractivity contribution is -0.130. The molecule has 1 aliphatic rings. The maximum absolute atomic E-state index is 13.4. The molecule has 0 spiro atoms. The number of carbonyl (C=O) groups is 1. The molecule has 1 aliphatic heterocycles. The number of nitrogens with zero attached hydrogens (tertiary/aromatic N) is 2. The monoisotopic (exact) mass is 342 g/mol. The van der Waals surface area contributed by atoms with Gasteiger partial charge >= 0.3 is 0 Å². The number of benzene rings is 1. The van der Waals surface area contributed by atoms with Crippen LogP contribution in [0.15, 0.2) is 29.2 Å². The first-order chi connectivity index (χ1) is 10.9. The summed E-state index contributed by atoms with van der Waals surface area (Å²) >= 11 is 0. The van der Waals surface area contributed by atoms with Gasteiger partial charge in [0.2, 0.25) is 15.9 Å². The topological polar surface area (TPSA) is 57.7 Å². The predicted molar refractivity (Wildman–Crippen MR) is 85.9 cm³/mol. The standard InChI is InChI=1S/C16H23FN2O3S/c1-18-10-4-2-3-5-11-19(12-9-16(18)20)23(21,22)15-8-6-7-14(17)13-15/h6-8,13H,2-5,9-12H2,1H3. The van der Waals surface area contributed by atoms with Crippen LogP contribution in [0.1, 0.15) is 32.1 Å². The van der Waals surface area contributed by atoms with Crippen molar-refractivity contribution in [3.63, 3.8) is 0 Å². The lowest BCUT2D eigenvalue weighted by atomic mass is 10.2. The third-order valence-corrected chi connectivity index (χ3v) is 5.98. The van der Waals surface area contributed by atoms with Crippen molar-refractivity contribution in [3.8, 4) is 0 Å². The van der Waals surface area contributed by atoms with Gasteiger partial charge in [-0.25, -0.2) is 12.8 Å². The van der Waals surface area contributed by atoms with Crippen LogP contribution in [-0.4, -0.2) is 50.2 Å². The van der Waals surface area contributed by atoms with Crippen LogP contribution in [0, 0.1) is 5.82 Å². The SMILES string of the molecule is CN1CCCCCCN(S(=O)(=O)c2cccc(F)c2)CCC1=O. The van der Waals surface area contributed by atoms with E-state index in [0.717, 1.165) is 31.7 Å². The van der Waals surface area contributed by atoms with Crippen LogP contribution in [0.4, 0.5) is 4.39 Å². The Bertz CT molecular complexity index is 648. The molecule has 1 aromatic rings. The Morgan fingerprint density at radius 2 is 1.74 bits per heavy atom. The highest BCUT2D eigenvalue weighted by Crippen LogP contribution is 2.19. The normalized spacial score (nSPS) is 19.4. The molecule has 0 unspecified atom stereocenters. The summed E-state index contributed by atoms with van der Waals surface area (Å²) in [6.45, 7) is 1.19. The van der Waals surface area contributed by atoms with Gasteiger partial charge in [0.1, 0.15) is 5.82 Å². The van der Waals surface area contributed by atoms with Gasteiger partial charge < -0.3 is 4.90 Å². The second kappa shape index (κ2) is 7.88. The van der Waals surface area contributed by atoms with Crippen LogP contribution in [0.5, 0.6) is 0 Å². The lowest BCUT2D eigenvalue weighted by Crippen LogP contribution is -2.36. The third kappa shape index (κ3) is 4.75. The highest BCUT2D eigenvalue weighted by atomic mass is 32.2. The summed E-state index contributed by atoms with van der Waals surface area (Å²) < 4.78 is 40.1. The minimum absolute atomic E-state index is 0.0619. The average molecular weight is 342 g/mol. The minimum atomic E-state index is -3.78. The van der Waals surface area contributed by atoms with Gasteiger partial charge in [0, 0.05) is 33.1 Å². The Morgan fingerprint density at radius 1 is 1.04 bits per heavy atom. The van der Waals surface area contributed by atoms with Crippen LogP contribution in [0.3, 0.4) is 0 Å². The summed E-state index contributed by atoms with van der Waals surface area (Å²) in [6.07, 6.45) is 3.69. The van der Waals surface area contributed by atoms with Crippen LogP contribution in [0.25, 0.3) is 0 Å². The molecule has 128 valence electrons. The van der Waals surface area contributed by atoms with Crippen LogP contribution >= 0.6 is 0 Å². The van der Waals surface area contributed by atoms with Crippen LogP contribution in [-0.2, 0) is 14.8 Å². The summed E-state index contributed by atoms with van der Waals surface area (Å²) in [5.41, 5.74) is 0. The molecule has 1 saturated heterocycles. The maximum Gasteiger partial charge on any atom is 0.243 e. The maximum atomic E-state index is 13.4. The second-order valence-electron chi connectivity index (χ2n) is 5.84. The Labute approximate surface area is 137 Å². The zero-order chi connectivity index (χ0) is 16.9. The first-order valence-electron chi connectivity index (χ1n) is 7.91. The number of amides is 1. The summed E-state index contributed by atoms with van der Waals surface area (Å²) in [4.78, 5) is 13.6. The van der Waals surface area contributed by atoms with E-state index in [9.17, 15) is 17.6 Å². The molecule has 0 N–H and O–H groups in total. The van der Waals surface area contributed by atoms with E-state index in [1.54, 1.807) is 11.9 Å². The van der Waals surface area contributed by atoms with Crippen molar-refractivity contribution >= 4 is 15.9 Å². The van der Waals surface area contributed by atoms with Gasteiger partial charge in [-0.05, 0) is 31.0 Å². The Kier molecular flexibility index (Phi) is 6.12. The van der Waals surface area contributed by atoms with E-state index in [0.29, 0.717) is 13.1 Å². The van der Waals surface area contributed by atoms with E-state index in [1.165, 1.54) is 22.5 Å². The third-order valence-electron chi connectivity index (χ3n) is 4.09. The van der Waals surface area contributed by atoms with Gasteiger partial charge in [-0.15, -0.1) is 0 Å². The van der Waals surface area contributed by atoms with Crippen molar-refractivity contribution in [1.29, 1.82) is 0 Å². The zero-order valence-corrected chi connectivity index (χ0v) is 14.2. The molecule has 0 atom stereocenters. The van der Waals surface area contributed by atoms with Crippen LogP contribution < -0.4 is 0 Å². The number of hydrogen-bond acceptors (Lipinski definition) is 3. The summed E-state index contributed by atoms with van der Waals surface area (Å²) in [5, 5.41) is 0. The van der Waals surface area contributed by atoms with E-state index in [4.69, 9.17) is 0 Å². The molecule has 0 radical (unpaired) electrons. The number of carbonyl (C=O) groups excluding carboxylic acids is 1. The van der Waals surface area contributed by atoms with Gasteiger partial charge in [-0.1, -0.05) is 18.9 Å². The van der Waals surface area contributed by atoms with Crippen molar-refractivity contribution in [3.05, 3.63) is 30.1 Å². The average Bonchev–Trinajstić information content (AvgIpc) is 2.55. The zero-order valence-electron chi connectivity index (χ0n) is 13.4. The fourth-order valence-electron chi connectivity index (χ4n) is 2.66. The number of rotatable bonds is 2. The Hall–Kier alpha value is -1.47. The van der Waals surface area contributed by atoms with E-state index < -0.39 is 15.8 Å². The molecule has 1 fully saturated rings. The molecule has 1 amide bonds. The first-order valence-corrected chi connectivity index (χ1v) is 9.35. The molecule has 7 heteroatoms. The highest BCUT2D eigenvalue weighted by molar-refractivity contribution is 7.89. The van der Waals surface area contributed by atoms with E-state index >= 15 is 0 Å². The molecule has 1 aromatic carbocycles. The fraction of sp³-hybridized carbons (Fsp3) is 0.562. The van der Waals surface area contributed by atoms with Gasteiger partial charge in [-0.2, -0.15) is 4.31 Å². The largest absolute Gasteiger partial charge is 0.346 e. The van der Waals surface area contributed by atoms with Gasteiger partial charge in [0.05, 0.1) is 4.90 Å². The van der Waals surface area contributed by atoms with Crippen LogP contribution in [0.2, 0.25) is 0 Å². The summed E-state index contributed by atoms with van der Waals surface area (Å²) in [7, 11) is -2.04. The fourth-order valence-corrected chi connectivity index (χ4v) is 4.17. The highest BCUT2D eigenvalue weighted by Gasteiger charge is 2.25. The molecule has 2 rings (SSSR count). The van der Waals surface area contributed by atoms with E-state index in [-0.39, 0.29) is 23.8 Å². The molecular weight excluding hydrogens is 319 g/mol. The second-order valence-corrected chi connectivity index (χ2v) is 7.78. The molecule has 0 saturated carbocycles. The minimum Gasteiger partial charge on any atom is -0.346 e. The van der Waals surface area contributed by atoms with Crippen molar-refractivity contribution < 1.29 is 17.6 Å². The molecule has 0 aliphatic carbocycles. The van der Waals surface area contributed by atoms with E-state index in [1.807, 2.05) is 0 Å². The Balaban J connectivity index is 2.21. The quantitative estimate of drug-likeness (QED) is 0.828. The molecule has 1 heterocycles. The van der Waals surface area contributed by atoms with E-state index in [2.05, 4.69) is 0 Å².